The fourth-order valence-electron chi connectivity index (χ4n) is 3.21. The van der Waals surface area contributed by atoms with Crippen LogP contribution in [0.5, 0.6) is 0 Å². The number of carbonyl (C=O) groups excluding carboxylic acids is 3. The molecule has 0 spiro atoms. The van der Waals surface area contributed by atoms with Gasteiger partial charge in [-0.3, -0.25) is 24.3 Å². The van der Waals surface area contributed by atoms with E-state index in [1.165, 1.54) is 10.6 Å². The van der Waals surface area contributed by atoms with Crippen molar-refractivity contribution >= 4 is 34.3 Å². The summed E-state index contributed by atoms with van der Waals surface area (Å²) in [6.07, 6.45) is 4.56. The van der Waals surface area contributed by atoms with Gasteiger partial charge in [-0.15, -0.1) is 6.42 Å². The van der Waals surface area contributed by atoms with Crippen molar-refractivity contribution < 1.29 is 19.1 Å². The number of aryl methyl sites for hydroxylation is 1. The van der Waals surface area contributed by atoms with Crippen molar-refractivity contribution in [3.63, 3.8) is 0 Å². The monoisotopic (exact) mass is 367 g/mol. The molecule has 1 heterocycles. The standard InChI is InChI=1S/C19H17N3O5/c1-3-9-27-19(26)21-14-6-4-5-13-17(14)18(25)22(11(2)20-13)15-8-7-12(23)10-16(15)24/h1,4-6,15H,7-10H2,2H3,(H,21,26). The Hall–Kier alpha value is -3.47. The number of terminal acetylenes is 1. The van der Waals surface area contributed by atoms with Crippen LogP contribution in [0.2, 0.25) is 0 Å². The Morgan fingerprint density at radius 2 is 2.19 bits per heavy atom. The van der Waals surface area contributed by atoms with Gasteiger partial charge in [0.1, 0.15) is 11.6 Å². The minimum absolute atomic E-state index is 0.130. The number of ether oxygens (including phenoxy) is 1. The summed E-state index contributed by atoms with van der Waals surface area (Å²) in [6.45, 7) is 1.43. The number of benzene rings is 1. The highest BCUT2D eigenvalue weighted by Crippen LogP contribution is 2.25. The van der Waals surface area contributed by atoms with E-state index in [9.17, 15) is 19.2 Å². The van der Waals surface area contributed by atoms with E-state index in [0.717, 1.165) is 0 Å². The molecule has 1 saturated carbocycles. The maximum atomic E-state index is 13.2. The highest BCUT2D eigenvalue weighted by molar-refractivity contribution is 6.03. The average molecular weight is 367 g/mol. The Morgan fingerprint density at radius 3 is 2.89 bits per heavy atom. The molecule has 1 unspecified atom stereocenters. The first-order chi connectivity index (χ1) is 12.9. The molecule has 3 rings (SSSR count). The van der Waals surface area contributed by atoms with Crippen molar-refractivity contribution in [2.24, 2.45) is 0 Å². The van der Waals surface area contributed by atoms with Crippen LogP contribution in [0, 0.1) is 19.3 Å². The molecule has 0 aliphatic heterocycles. The van der Waals surface area contributed by atoms with Gasteiger partial charge < -0.3 is 4.74 Å². The molecule has 8 nitrogen and oxygen atoms in total. The summed E-state index contributed by atoms with van der Waals surface area (Å²) < 4.78 is 6.08. The molecule has 0 radical (unpaired) electrons. The molecule has 1 atom stereocenters. The molecule has 1 fully saturated rings. The summed E-state index contributed by atoms with van der Waals surface area (Å²) in [5, 5.41) is 2.64. The second-order valence-corrected chi connectivity index (χ2v) is 6.18. The number of Topliss-reactive ketones (excluding diaryl/α,β-unsaturated/α-hetero) is 2. The third kappa shape index (κ3) is 3.58. The van der Waals surface area contributed by atoms with Crippen LogP contribution in [0.1, 0.15) is 31.1 Å². The topological polar surface area (TPSA) is 107 Å². The van der Waals surface area contributed by atoms with Crippen molar-refractivity contribution in [3.05, 3.63) is 34.4 Å². The smallest absolute Gasteiger partial charge is 0.412 e. The second kappa shape index (κ2) is 7.41. The lowest BCUT2D eigenvalue weighted by atomic mass is 9.92. The molecule has 138 valence electrons. The van der Waals surface area contributed by atoms with E-state index in [1.807, 2.05) is 0 Å². The van der Waals surface area contributed by atoms with Crippen molar-refractivity contribution in [1.82, 2.24) is 9.55 Å². The molecule has 1 amide bonds. The molecule has 1 aliphatic carbocycles. The van der Waals surface area contributed by atoms with Crippen molar-refractivity contribution in [1.29, 1.82) is 0 Å². The van der Waals surface area contributed by atoms with E-state index in [1.54, 1.807) is 19.1 Å². The highest BCUT2D eigenvalue weighted by atomic mass is 16.5. The molecular weight excluding hydrogens is 350 g/mol. The third-order valence-corrected chi connectivity index (χ3v) is 4.38. The predicted molar refractivity (Wildman–Crippen MR) is 97.4 cm³/mol. The molecule has 1 N–H and O–H groups in total. The Kier molecular flexibility index (Phi) is 5.03. The molecule has 8 heteroatoms. The van der Waals surface area contributed by atoms with E-state index >= 15 is 0 Å². The van der Waals surface area contributed by atoms with Crippen LogP contribution < -0.4 is 10.9 Å². The Morgan fingerprint density at radius 1 is 1.41 bits per heavy atom. The van der Waals surface area contributed by atoms with Crippen molar-refractivity contribution in [2.45, 2.75) is 32.2 Å². The van der Waals surface area contributed by atoms with E-state index in [4.69, 9.17) is 11.2 Å². The van der Waals surface area contributed by atoms with Gasteiger partial charge in [-0.1, -0.05) is 12.0 Å². The first-order valence-electron chi connectivity index (χ1n) is 8.36. The van der Waals surface area contributed by atoms with E-state index < -0.39 is 17.7 Å². The zero-order chi connectivity index (χ0) is 19.6. The van der Waals surface area contributed by atoms with Gasteiger partial charge >= 0.3 is 6.09 Å². The van der Waals surface area contributed by atoms with Crippen LogP contribution in [0.15, 0.2) is 23.0 Å². The zero-order valence-corrected chi connectivity index (χ0v) is 14.7. The molecule has 1 aromatic carbocycles. The van der Waals surface area contributed by atoms with Gasteiger partial charge in [-0.25, -0.2) is 9.78 Å². The fraction of sp³-hybridized carbons (Fsp3) is 0.316. The number of aromatic nitrogens is 2. The molecule has 1 aliphatic rings. The molecule has 2 aromatic rings. The van der Waals surface area contributed by atoms with Gasteiger partial charge in [0, 0.05) is 6.42 Å². The molecule has 0 saturated heterocycles. The number of hydrogen-bond acceptors (Lipinski definition) is 6. The average Bonchev–Trinajstić information content (AvgIpc) is 2.61. The molecule has 27 heavy (non-hydrogen) atoms. The van der Waals surface area contributed by atoms with E-state index in [2.05, 4.69) is 16.2 Å². The number of ketones is 2. The predicted octanol–water partition coefficient (Wildman–Crippen LogP) is 1.75. The molecule has 1 aromatic heterocycles. The van der Waals surface area contributed by atoms with E-state index in [-0.39, 0.29) is 48.5 Å². The Balaban J connectivity index is 2.09. The van der Waals surface area contributed by atoms with Crippen molar-refractivity contribution in [3.8, 4) is 12.3 Å². The second-order valence-electron chi connectivity index (χ2n) is 6.18. The third-order valence-electron chi connectivity index (χ3n) is 4.38. The number of hydrogen-bond donors (Lipinski definition) is 1. The van der Waals surface area contributed by atoms with Crippen LogP contribution >= 0.6 is 0 Å². The lowest BCUT2D eigenvalue weighted by molar-refractivity contribution is -0.132. The van der Waals surface area contributed by atoms with Crippen LogP contribution in [-0.4, -0.2) is 33.8 Å². The summed E-state index contributed by atoms with van der Waals surface area (Å²) in [6, 6.07) is 4.07. The quantitative estimate of drug-likeness (QED) is 0.654. The lowest BCUT2D eigenvalue weighted by Crippen LogP contribution is -2.36. The first kappa shape index (κ1) is 18.3. The van der Waals surface area contributed by atoms with Crippen molar-refractivity contribution in [2.75, 3.05) is 11.9 Å². The summed E-state index contributed by atoms with van der Waals surface area (Å²) in [5.74, 6) is 2.10. The molecule has 0 bridgehead atoms. The Labute approximate surface area is 154 Å². The van der Waals surface area contributed by atoms with E-state index in [0.29, 0.717) is 11.3 Å². The normalized spacial score (nSPS) is 16.8. The Bertz CT molecular complexity index is 1050. The largest absolute Gasteiger partial charge is 0.436 e. The number of fused-ring (bicyclic) bond motifs is 1. The number of carbonyl (C=O) groups is 3. The minimum atomic E-state index is -0.800. The number of amides is 1. The van der Waals surface area contributed by atoms with Crippen LogP contribution in [0.4, 0.5) is 10.5 Å². The minimum Gasteiger partial charge on any atom is -0.436 e. The van der Waals surface area contributed by atoms with Gasteiger partial charge in [-0.05, 0) is 25.5 Å². The van der Waals surface area contributed by atoms with Gasteiger partial charge in [0.2, 0.25) is 0 Å². The van der Waals surface area contributed by atoms with Crippen LogP contribution in [0.3, 0.4) is 0 Å². The van der Waals surface area contributed by atoms with Gasteiger partial charge in [0.15, 0.2) is 12.4 Å². The zero-order valence-electron chi connectivity index (χ0n) is 14.7. The SMILES string of the molecule is C#CCOC(=O)Nc1cccc2nc(C)n(C3CCC(=O)CC3=O)c(=O)c12. The summed E-state index contributed by atoms with van der Waals surface area (Å²) in [4.78, 5) is 53.2. The van der Waals surface area contributed by atoms with Gasteiger partial charge in [0.25, 0.3) is 5.56 Å². The van der Waals surface area contributed by atoms with Crippen LogP contribution in [-0.2, 0) is 14.3 Å². The number of anilines is 1. The highest BCUT2D eigenvalue weighted by Gasteiger charge is 2.31. The van der Waals surface area contributed by atoms with Crippen LogP contribution in [0.25, 0.3) is 10.9 Å². The maximum absolute atomic E-state index is 13.2. The maximum Gasteiger partial charge on any atom is 0.412 e. The number of rotatable bonds is 3. The first-order valence-corrected chi connectivity index (χ1v) is 8.36. The lowest BCUT2D eigenvalue weighted by Gasteiger charge is -2.24. The van der Waals surface area contributed by atoms with Gasteiger partial charge in [-0.2, -0.15) is 0 Å². The molecular formula is C19H17N3O5. The number of nitrogens with one attached hydrogen (secondary N) is 1. The van der Waals surface area contributed by atoms with Gasteiger partial charge in [0.05, 0.1) is 29.1 Å². The number of nitrogens with zero attached hydrogens (tertiary/aromatic N) is 2. The fourth-order valence-corrected chi connectivity index (χ4v) is 3.21. The summed E-state index contributed by atoms with van der Waals surface area (Å²) in [7, 11) is 0. The summed E-state index contributed by atoms with van der Waals surface area (Å²) >= 11 is 0. The summed E-state index contributed by atoms with van der Waals surface area (Å²) in [5.41, 5.74) is 0.126.